The van der Waals surface area contributed by atoms with Gasteiger partial charge in [0.1, 0.15) is 22.5 Å². The van der Waals surface area contributed by atoms with Crippen molar-refractivity contribution in [3.63, 3.8) is 0 Å². The van der Waals surface area contributed by atoms with Crippen molar-refractivity contribution in [2.45, 2.75) is 26.0 Å². The number of hydrogen-bond donors (Lipinski definition) is 2. The van der Waals surface area contributed by atoms with Crippen molar-refractivity contribution in [2.75, 3.05) is 7.05 Å². The number of aromatic nitrogens is 3. The van der Waals surface area contributed by atoms with Gasteiger partial charge in [-0.1, -0.05) is 29.8 Å². The van der Waals surface area contributed by atoms with E-state index in [2.05, 4.69) is 15.3 Å². The lowest BCUT2D eigenvalue weighted by Crippen LogP contribution is -2.14. The lowest BCUT2D eigenvalue weighted by atomic mass is 10.1. The van der Waals surface area contributed by atoms with Crippen LogP contribution < -0.4 is 15.8 Å². The minimum absolute atomic E-state index is 0.0469. The number of pyridine rings is 1. The Bertz CT molecular complexity index is 1240. The SMILES string of the molecule is CNCc1ccc([C@@H](C)Oc2nc(-c3cnc4ccccn34)sc2CC(N)=O)c(Cl)c1. The van der Waals surface area contributed by atoms with E-state index in [9.17, 15) is 4.79 Å². The van der Waals surface area contributed by atoms with Crippen LogP contribution in [0.1, 0.15) is 29.0 Å². The number of hydrogen-bond acceptors (Lipinski definition) is 6. The van der Waals surface area contributed by atoms with Gasteiger partial charge >= 0.3 is 0 Å². The zero-order valence-electron chi connectivity index (χ0n) is 17.1. The smallest absolute Gasteiger partial charge is 0.229 e. The Hall–Kier alpha value is -2.94. The number of imidazole rings is 1. The molecule has 3 aromatic heterocycles. The molecule has 0 spiro atoms. The molecule has 0 aliphatic carbocycles. The van der Waals surface area contributed by atoms with Crippen LogP contribution in [0.5, 0.6) is 5.88 Å². The third kappa shape index (κ3) is 4.56. The van der Waals surface area contributed by atoms with E-state index in [0.29, 0.717) is 20.8 Å². The van der Waals surface area contributed by atoms with Gasteiger partial charge in [0.25, 0.3) is 0 Å². The van der Waals surface area contributed by atoms with E-state index in [4.69, 9.17) is 22.1 Å². The van der Waals surface area contributed by atoms with Gasteiger partial charge in [-0.25, -0.2) is 4.98 Å². The summed E-state index contributed by atoms with van der Waals surface area (Å²) >= 11 is 7.86. The van der Waals surface area contributed by atoms with Gasteiger partial charge in [-0.15, -0.1) is 11.3 Å². The van der Waals surface area contributed by atoms with Crippen molar-refractivity contribution in [1.29, 1.82) is 0 Å². The van der Waals surface area contributed by atoms with E-state index in [1.807, 2.05) is 61.0 Å². The summed E-state index contributed by atoms with van der Waals surface area (Å²) in [6.07, 6.45) is 3.36. The molecular weight excluding hydrogens is 434 g/mol. The van der Waals surface area contributed by atoms with Gasteiger partial charge in [-0.05, 0) is 37.7 Å². The Morgan fingerprint density at radius 2 is 2.19 bits per heavy atom. The highest BCUT2D eigenvalue weighted by Gasteiger charge is 2.21. The normalized spacial score (nSPS) is 12.2. The van der Waals surface area contributed by atoms with Crippen LogP contribution in [-0.4, -0.2) is 27.3 Å². The number of benzene rings is 1. The molecule has 0 fully saturated rings. The summed E-state index contributed by atoms with van der Waals surface area (Å²) in [6, 6.07) is 11.6. The molecule has 1 atom stereocenters. The summed E-state index contributed by atoms with van der Waals surface area (Å²) in [6.45, 7) is 2.63. The first-order valence-corrected chi connectivity index (χ1v) is 11.0. The monoisotopic (exact) mass is 455 g/mol. The summed E-state index contributed by atoms with van der Waals surface area (Å²) in [5.41, 5.74) is 9.03. The maximum absolute atomic E-state index is 11.6. The van der Waals surface area contributed by atoms with E-state index in [-0.39, 0.29) is 12.5 Å². The van der Waals surface area contributed by atoms with Gasteiger partial charge in [0.15, 0.2) is 0 Å². The Balaban J connectivity index is 1.66. The van der Waals surface area contributed by atoms with Gasteiger partial charge in [-0.3, -0.25) is 9.20 Å². The zero-order valence-corrected chi connectivity index (χ0v) is 18.7. The van der Waals surface area contributed by atoms with Crippen LogP contribution in [0.3, 0.4) is 0 Å². The van der Waals surface area contributed by atoms with Crippen LogP contribution in [0.4, 0.5) is 0 Å². The van der Waals surface area contributed by atoms with Crippen LogP contribution in [0.2, 0.25) is 5.02 Å². The van der Waals surface area contributed by atoms with Crippen LogP contribution >= 0.6 is 22.9 Å². The molecular formula is C22H22ClN5O2S. The highest BCUT2D eigenvalue weighted by molar-refractivity contribution is 7.15. The number of thiazole rings is 1. The molecule has 4 rings (SSSR count). The van der Waals surface area contributed by atoms with Crippen LogP contribution in [0.25, 0.3) is 16.3 Å². The fourth-order valence-electron chi connectivity index (χ4n) is 3.35. The fourth-order valence-corrected chi connectivity index (χ4v) is 4.72. The van der Waals surface area contributed by atoms with E-state index >= 15 is 0 Å². The summed E-state index contributed by atoms with van der Waals surface area (Å²) in [5.74, 6) is -0.0622. The Labute approximate surface area is 188 Å². The van der Waals surface area contributed by atoms with E-state index < -0.39 is 5.91 Å². The van der Waals surface area contributed by atoms with Crippen molar-refractivity contribution in [3.05, 3.63) is 69.8 Å². The molecule has 31 heavy (non-hydrogen) atoms. The topological polar surface area (TPSA) is 94.5 Å². The van der Waals surface area contributed by atoms with E-state index in [0.717, 1.165) is 29.0 Å². The third-order valence-corrected chi connectivity index (χ3v) is 6.19. The van der Waals surface area contributed by atoms with E-state index in [1.54, 1.807) is 6.20 Å². The number of primary amides is 1. The lowest BCUT2D eigenvalue weighted by Gasteiger charge is -2.16. The average molecular weight is 456 g/mol. The zero-order chi connectivity index (χ0) is 22.0. The summed E-state index contributed by atoms with van der Waals surface area (Å²) in [7, 11) is 1.89. The lowest BCUT2D eigenvalue weighted by molar-refractivity contribution is -0.117. The molecule has 0 aliphatic heterocycles. The van der Waals surface area contributed by atoms with Gasteiger partial charge in [-0.2, -0.15) is 4.98 Å². The molecule has 3 heterocycles. The molecule has 9 heteroatoms. The number of halogens is 1. The number of ether oxygens (including phenoxy) is 1. The molecule has 0 bridgehead atoms. The number of carbonyl (C=O) groups is 1. The Morgan fingerprint density at radius 1 is 1.35 bits per heavy atom. The van der Waals surface area contributed by atoms with Crippen molar-refractivity contribution in [1.82, 2.24) is 19.7 Å². The molecule has 3 N–H and O–H groups in total. The Kier molecular flexibility index (Phi) is 6.22. The number of amides is 1. The summed E-state index contributed by atoms with van der Waals surface area (Å²) < 4.78 is 8.11. The second kappa shape index (κ2) is 9.05. The van der Waals surface area contributed by atoms with Crippen molar-refractivity contribution in [2.24, 2.45) is 5.73 Å². The molecule has 0 radical (unpaired) electrons. The molecule has 0 unspecified atom stereocenters. The molecule has 0 saturated heterocycles. The van der Waals surface area contributed by atoms with Crippen LogP contribution in [0, 0.1) is 0 Å². The number of carbonyl (C=O) groups excluding carboxylic acids is 1. The molecule has 4 aromatic rings. The number of nitrogens with two attached hydrogens (primary N) is 1. The summed E-state index contributed by atoms with van der Waals surface area (Å²) in [4.78, 5) is 21.4. The second-order valence-corrected chi connectivity index (χ2v) is 8.60. The van der Waals surface area contributed by atoms with Gasteiger partial charge < -0.3 is 15.8 Å². The molecule has 0 aliphatic rings. The van der Waals surface area contributed by atoms with Gasteiger partial charge in [0.05, 0.1) is 17.5 Å². The molecule has 0 saturated carbocycles. The second-order valence-electron chi connectivity index (χ2n) is 7.11. The average Bonchev–Trinajstić information content (AvgIpc) is 3.32. The largest absolute Gasteiger partial charge is 0.469 e. The third-order valence-electron chi connectivity index (χ3n) is 4.80. The van der Waals surface area contributed by atoms with Crippen LogP contribution in [0.15, 0.2) is 48.8 Å². The molecule has 160 valence electrons. The van der Waals surface area contributed by atoms with E-state index in [1.165, 1.54) is 11.3 Å². The van der Waals surface area contributed by atoms with Gasteiger partial charge in [0.2, 0.25) is 11.8 Å². The number of nitrogens with zero attached hydrogens (tertiary/aromatic N) is 3. The molecule has 1 amide bonds. The molecule has 1 aromatic carbocycles. The first-order valence-electron chi connectivity index (χ1n) is 9.76. The quantitative estimate of drug-likeness (QED) is 0.418. The fraction of sp³-hybridized carbons (Fsp3) is 0.227. The maximum Gasteiger partial charge on any atom is 0.229 e. The number of nitrogens with one attached hydrogen (secondary N) is 1. The minimum Gasteiger partial charge on any atom is -0.469 e. The minimum atomic E-state index is -0.444. The first kappa shape index (κ1) is 21.3. The predicted octanol–water partition coefficient (Wildman–Crippen LogP) is 4.00. The highest BCUT2D eigenvalue weighted by atomic mass is 35.5. The first-order chi connectivity index (χ1) is 15.0. The highest BCUT2D eigenvalue weighted by Crippen LogP contribution is 2.36. The predicted molar refractivity (Wildman–Crippen MR) is 122 cm³/mol. The van der Waals surface area contributed by atoms with Crippen molar-refractivity contribution < 1.29 is 9.53 Å². The standard InChI is InChI=1S/C22H22ClN5O2S/c1-13(15-7-6-14(11-25-2)9-16(15)23)30-21-18(10-19(24)29)31-22(27-21)17-12-26-20-5-3-4-8-28(17)20/h3-9,12-13,25H,10-11H2,1-2H3,(H2,24,29)/t13-/m1/s1. The summed E-state index contributed by atoms with van der Waals surface area (Å²) in [5, 5.41) is 4.43. The molecule has 7 nitrogen and oxygen atoms in total. The van der Waals surface area contributed by atoms with Crippen molar-refractivity contribution in [3.8, 4) is 16.6 Å². The Morgan fingerprint density at radius 3 is 2.94 bits per heavy atom. The van der Waals surface area contributed by atoms with Crippen LogP contribution in [-0.2, 0) is 17.8 Å². The van der Waals surface area contributed by atoms with Gasteiger partial charge in [0, 0.05) is 23.3 Å². The maximum atomic E-state index is 11.6. The van der Waals surface area contributed by atoms with Crippen molar-refractivity contribution >= 4 is 34.5 Å². The number of fused-ring (bicyclic) bond motifs is 1. The number of rotatable bonds is 8.